The van der Waals surface area contributed by atoms with Crippen LogP contribution in [0.1, 0.15) is 0 Å². The SMILES string of the molecule is CN(C)P(Cl)N(C)P(=O)(Cl)N(C)C. The molecule has 0 rings (SSSR count). The highest BCUT2D eigenvalue weighted by Gasteiger charge is 2.33. The molecular formula is C5H15Cl2N3OP2. The molecule has 80 valence electrons. The van der Waals surface area contributed by atoms with Crippen molar-refractivity contribution in [1.82, 2.24) is 13.8 Å². The molecule has 4 nitrogen and oxygen atoms in total. The van der Waals surface area contributed by atoms with Crippen LogP contribution in [0.3, 0.4) is 0 Å². The van der Waals surface area contributed by atoms with E-state index >= 15 is 0 Å². The summed E-state index contributed by atoms with van der Waals surface area (Å²) in [5.74, 6) is 0. The summed E-state index contributed by atoms with van der Waals surface area (Å²) in [5, 5.41) is 0. The molecule has 0 radical (unpaired) electrons. The molecule has 0 aromatic heterocycles. The molecule has 0 spiro atoms. The molecule has 0 amide bonds. The lowest BCUT2D eigenvalue weighted by Gasteiger charge is -2.32. The lowest BCUT2D eigenvalue weighted by Crippen LogP contribution is -2.20. The van der Waals surface area contributed by atoms with Crippen LogP contribution < -0.4 is 0 Å². The minimum absolute atomic E-state index is 1.12. The fraction of sp³-hybridized carbons (Fsp3) is 1.00. The molecule has 2 unspecified atom stereocenters. The summed E-state index contributed by atoms with van der Waals surface area (Å²) >= 11 is 11.9. The van der Waals surface area contributed by atoms with E-state index in [-0.39, 0.29) is 0 Å². The van der Waals surface area contributed by atoms with Crippen LogP contribution in [0.2, 0.25) is 0 Å². The van der Waals surface area contributed by atoms with Gasteiger partial charge >= 0.3 is 6.80 Å². The maximum atomic E-state index is 11.9. The summed E-state index contributed by atoms with van der Waals surface area (Å²) in [4.78, 5) is 0. The summed E-state index contributed by atoms with van der Waals surface area (Å²) in [7, 11) is 7.52. The second-order valence-corrected chi connectivity index (χ2v) is 9.67. The molecule has 2 atom stereocenters. The van der Waals surface area contributed by atoms with Crippen LogP contribution in [0.25, 0.3) is 0 Å². The van der Waals surface area contributed by atoms with E-state index in [1.54, 1.807) is 25.8 Å². The van der Waals surface area contributed by atoms with Gasteiger partial charge in [0.05, 0.1) is 0 Å². The van der Waals surface area contributed by atoms with Gasteiger partial charge < -0.3 is 0 Å². The summed E-state index contributed by atoms with van der Waals surface area (Å²) in [5.41, 5.74) is 0. The van der Waals surface area contributed by atoms with Crippen molar-refractivity contribution in [1.29, 1.82) is 0 Å². The molecular weight excluding hydrogens is 251 g/mol. The molecule has 13 heavy (non-hydrogen) atoms. The third kappa shape index (κ3) is 3.64. The van der Waals surface area contributed by atoms with Crippen molar-refractivity contribution in [3.8, 4) is 0 Å². The fourth-order valence-electron chi connectivity index (χ4n) is 0.609. The maximum absolute atomic E-state index is 11.9. The van der Waals surface area contributed by atoms with Crippen LogP contribution >= 0.6 is 36.9 Å². The molecule has 0 aromatic rings. The van der Waals surface area contributed by atoms with Crippen LogP contribution in [-0.4, -0.2) is 49.0 Å². The first-order valence-corrected chi connectivity index (χ1v) is 8.23. The zero-order chi connectivity index (χ0) is 10.8. The van der Waals surface area contributed by atoms with E-state index in [1.165, 1.54) is 9.11 Å². The smallest absolute Gasteiger partial charge is 0.270 e. The first-order valence-electron chi connectivity index (χ1n) is 3.56. The molecule has 8 heteroatoms. The monoisotopic (exact) mass is 265 g/mol. The number of nitrogens with zero attached hydrogens (tertiary/aromatic N) is 3. The Morgan fingerprint density at radius 3 is 1.77 bits per heavy atom. The first kappa shape index (κ1) is 14.1. The van der Waals surface area contributed by atoms with Crippen molar-refractivity contribution in [2.24, 2.45) is 0 Å². The second kappa shape index (κ2) is 5.27. The number of halogens is 2. The summed E-state index contributed by atoms with van der Waals surface area (Å²) in [6.45, 7) is -2.97. The van der Waals surface area contributed by atoms with Gasteiger partial charge in [-0.25, -0.2) is 4.67 Å². The van der Waals surface area contributed by atoms with Crippen molar-refractivity contribution in [2.75, 3.05) is 35.2 Å². The largest absolute Gasteiger partial charge is 0.309 e. The molecule has 0 saturated heterocycles. The van der Waals surface area contributed by atoms with Crippen molar-refractivity contribution >= 4 is 36.9 Å². The Labute approximate surface area is 90.7 Å². The zero-order valence-corrected chi connectivity index (χ0v) is 11.7. The Morgan fingerprint density at radius 2 is 1.54 bits per heavy atom. The van der Waals surface area contributed by atoms with Crippen LogP contribution in [0.5, 0.6) is 0 Å². The van der Waals surface area contributed by atoms with Crippen molar-refractivity contribution in [3.05, 3.63) is 0 Å². The average Bonchev–Trinajstić information content (AvgIpc) is 2.01. The predicted molar refractivity (Wildman–Crippen MR) is 61.4 cm³/mol. The molecule has 0 N–H and O–H groups in total. The third-order valence-electron chi connectivity index (χ3n) is 1.42. The van der Waals surface area contributed by atoms with E-state index in [0.717, 1.165) is 0 Å². The topological polar surface area (TPSA) is 26.8 Å². The minimum Gasteiger partial charge on any atom is -0.270 e. The molecule has 0 aromatic carbocycles. The normalized spacial score (nSPS) is 19.5. The number of hydrogen-bond acceptors (Lipinski definition) is 2. The lowest BCUT2D eigenvalue weighted by atomic mass is 11.3. The molecule has 0 aliphatic carbocycles. The van der Waals surface area contributed by atoms with Gasteiger partial charge in [-0.1, -0.05) is 11.2 Å². The fourth-order valence-corrected chi connectivity index (χ4v) is 5.05. The van der Waals surface area contributed by atoms with E-state index in [4.69, 9.17) is 22.5 Å². The number of rotatable bonds is 4. The highest BCUT2D eigenvalue weighted by molar-refractivity contribution is 7.95. The van der Waals surface area contributed by atoms with E-state index in [1.807, 2.05) is 14.1 Å². The van der Waals surface area contributed by atoms with Gasteiger partial charge in [-0.2, -0.15) is 4.44 Å². The summed E-state index contributed by atoms with van der Waals surface area (Å²) in [6.07, 6.45) is 0. The molecule has 0 saturated carbocycles. The Balaban J connectivity index is 4.59. The maximum Gasteiger partial charge on any atom is 0.309 e. The Kier molecular flexibility index (Phi) is 5.73. The molecule has 0 aliphatic heterocycles. The van der Waals surface area contributed by atoms with Crippen LogP contribution in [0.4, 0.5) is 0 Å². The van der Waals surface area contributed by atoms with Gasteiger partial charge in [0.1, 0.15) is 7.58 Å². The highest BCUT2D eigenvalue weighted by atomic mass is 35.7. The summed E-state index contributed by atoms with van der Waals surface area (Å²) in [6, 6.07) is 0. The Morgan fingerprint density at radius 1 is 1.15 bits per heavy atom. The Hall–Kier alpha value is 1.12. The molecule has 0 heterocycles. The highest BCUT2D eigenvalue weighted by Crippen LogP contribution is 2.67. The molecule has 0 aliphatic rings. The van der Waals surface area contributed by atoms with Gasteiger partial charge in [-0.3, -0.25) is 9.24 Å². The standard InChI is InChI=1S/C5H15Cl2N3OP2/c1-8(2)12(6)10(5)13(7,11)9(3)4/h1-5H3. The van der Waals surface area contributed by atoms with Gasteiger partial charge in [-0.05, 0) is 39.4 Å². The summed E-state index contributed by atoms with van der Waals surface area (Å²) < 4.78 is 16.7. The molecule has 0 bridgehead atoms. The third-order valence-corrected chi connectivity index (χ3v) is 9.30. The van der Waals surface area contributed by atoms with Gasteiger partial charge in [0.2, 0.25) is 0 Å². The molecule has 0 fully saturated rings. The average molecular weight is 266 g/mol. The van der Waals surface area contributed by atoms with Crippen molar-refractivity contribution in [2.45, 2.75) is 0 Å². The first-order chi connectivity index (χ1) is 5.71. The van der Waals surface area contributed by atoms with Crippen molar-refractivity contribution < 1.29 is 4.57 Å². The Bertz CT molecular complexity index is 214. The van der Waals surface area contributed by atoms with Crippen LogP contribution in [-0.2, 0) is 4.57 Å². The number of hydrogen-bond donors (Lipinski definition) is 0. The zero-order valence-electron chi connectivity index (χ0n) is 8.40. The van der Waals surface area contributed by atoms with Crippen LogP contribution in [0.15, 0.2) is 0 Å². The van der Waals surface area contributed by atoms with E-state index < -0.39 is 14.4 Å². The second-order valence-electron chi connectivity index (χ2n) is 2.90. The van der Waals surface area contributed by atoms with E-state index in [9.17, 15) is 4.57 Å². The van der Waals surface area contributed by atoms with Gasteiger partial charge in [0, 0.05) is 7.05 Å². The van der Waals surface area contributed by atoms with Gasteiger partial charge in [0.15, 0.2) is 0 Å². The van der Waals surface area contributed by atoms with Crippen molar-refractivity contribution in [3.63, 3.8) is 0 Å². The van der Waals surface area contributed by atoms with E-state index in [2.05, 4.69) is 0 Å². The lowest BCUT2D eigenvalue weighted by molar-refractivity contribution is 0.492. The van der Waals surface area contributed by atoms with Gasteiger partial charge in [-0.15, -0.1) is 0 Å². The van der Waals surface area contributed by atoms with E-state index in [0.29, 0.717) is 0 Å². The van der Waals surface area contributed by atoms with Gasteiger partial charge in [0.25, 0.3) is 0 Å². The minimum atomic E-state index is -2.97. The predicted octanol–water partition coefficient (Wildman–Crippen LogP) is 2.85. The quantitative estimate of drug-likeness (QED) is 0.731. The van der Waals surface area contributed by atoms with Crippen LogP contribution in [0, 0.1) is 0 Å².